The number of rotatable bonds is 0. The second-order valence-corrected chi connectivity index (χ2v) is 12.5. The molecule has 0 spiro atoms. The third-order valence-electron chi connectivity index (χ3n) is 9.16. The molecule has 0 atom stereocenters. The zero-order chi connectivity index (χ0) is 32.0. The number of aromatic nitrogens is 2. The lowest BCUT2D eigenvalue weighted by molar-refractivity contribution is 1.09. The topological polar surface area (TPSA) is 77.1 Å². The van der Waals surface area contributed by atoms with Crippen LogP contribution < -0.4 is 22.2 Å². The molecule has 6 aromatic carbocycles. The molecule has 0 amide bonds. The van der Waals surface area contributed by atoms with Crippen LogP contribution in [0.15, 0.2) is 151 Å². The van der Waals surface area contributed by atoms with Crippen LogP contribution in [0.5, 0.6) is 0 Å². The second kappa shape index (κ2) is 10.0. The maximum Gasteiger partial charge on any atom is 0.266 e. The normalized spacial score (nSPS) is 11.9. The molecule has 10 rings (SSSR count). The molecule has 6 nitrogen and oxygen atoms in total. The first-order valence-corrected chi connectivity index (χ1v) is 15.8. The van der Waals surface area contributed by atoms with Crippen LogP contribution in [-0.4, -0.2) is 8.80 Å². The van der Waals surface area contributed by atoms with Crippen LogP contribution in [0.25, 0.3) is 75.7 Å². The van der Waals surface area contributed by atoms with E-state index in [1.54, 1.807) is 24.3 Å². The van der Waals surface area contributed by atoms with E-state index in [0.29, 0.717) is 32.6 Å². The fourth-order valence-electron chi connectivity index (χ4n) is 7.16. The number of benzene rings is 6. The predicted octanol–water partition coefficient (Wildman–Crippen LogP) is 7.88. The molecule has 222 valence electrons. The second-order valence-electron chi connectivity index (χ2n) is 11.6. The molecule has 0 fully saturated rings. The largest absolute Gasteiger partial charge is 0.268 e. The summed E-state index contributed by atoms with van der Waals surface area (Å²) < 4.78 is 3.57. The fourth-order valence-corrected chi connectivity index (χ4v) is 7.62. The molecule has 0 unspecified atom stereocenters. The number of hydrogen-bond donors (Lipinski definition) is 0. The summed E-state index contributed by atoms with van der Waals surface area (Å²) in [7, 11) is 0. The molecule has 0 aliphatic carbocycles. The van der Waals surface area contributed by atoms with E-state index < -0.39 is 0 Å². The summed E-state index contributed by atoms with van der Waals surface area (Å²) in [5.41, 5.74) is 0.368. The van der Waals surface area contributed by atoms with Crippen molar-refractivity contribution < 1.29 is 0 Å². The minimum Gasteiger partial charge on any atom is -0.268 e. The lowest BCUT2D eigenvalue weighted by Crippen LogP contribution is -2.27. The van der Waals surface area contributed by atoms with Crippen molar-refractivity contribution in [2.45, 2.75) is 0 Å². The van der Waals surface area contributed by atoms with Gasteiger partial charge in [-0.25, -0.2) is 8.80 Å². The molecule has 0 radical (unpaired) electrons. The number of halogens is 1. The number of nitrogens with zero attached hydrogens (tertiary/aromatic N) is 2. The van der Waals surface area contributed by atoms with Crippen molar-refractivity contribution in [3.05, 3.63) is 173 Å². The van der Waals surface area contributed by atoms with Crippen LogP contribution in [0.2, 0.25) is 0 Å². The van der Waals surface area contributed by atoms with Crippen LogP contribution in [0.3, 0.4) is 0 Å². The van der Waals surface area contributed by atoms with Gasteiger partial charge in [0.05, 0.1) is 11.0 Å². The first-order valence-electron chi connectivity index (χ1n) is 15.1. The predicted molar refractivity (Wildman–Crippen MR) is 195 cm³/mol. The van der Waals surface area contributed by atoms with Crippen molar-refractivity contribution in [3.63, 3.8) is 0 Å². The highest BCUT2D eigenvalue weighted by atomic mass is 79.9. The zero-order valence-corrected chi connectivity index (χ0v) is 26.1. The first-order chi connectivity index (χ1) is 22.9. The van der Waals surface area contributed by atoms with Crippen LogP contribution in [0.4, 0.5) is 0 Å². The minimum absolute atomic E-state index is 0.250. The molecule has 0 aliphatic rings. The maximum atomic E-state index is 13.0. The summed E-state index contributed by atoms with van der Waals surface area (Å²) in [6.45, 7) is 0. The number of pyridine rings is 4. The summed E-state index contributed by atoms with van der Waals surface area (Å²) >= 11 is 3.57. The molecule has 7 heteroatoms. The summed E-state index contributed by atoms with van der Waals surface area (Å²) in [4.78, 5) is 51.8. The highest BCUT2D eigenvalue weighted by Gasteiger charge is 2.18. The summed E-state index contributed by atoms with van der Waals surface area (Å²) in [6, 6.07) is 39.6. The van der Waals surface area contributed by atoms with Crippen LogP contribution in [0, 0.1) is 0 Å². The van der Waals surface area contributed by atoms with Crippen molar-refractivity contribution >= 4 is 91.6 Å². The van der Waals surface area contributed by atoms with E-state index in [-0.39, 0.29) is 22.2 Å². The highest BCUT2D eigenvalue weighted by molar-refractivity contribution is 9.10. The van der Waals surface area contributed by atoms with Crippen LogP contribution in [-0.2, 0) is 0 Å². The Morgan fingerprint density at radius 2 is 0.574 bits per heavy atom. The Labute approximate surface area is 272 Å². The molecule has 4 heterocycles. The third kappa shape index (κ3) is 3.78. The van der Waals surface area contributed by atoms with E-state index in [9.17, 15) is 19.2 Å². The molecular weight excluding hydrogens is 652 g/mol. The van der Waals surface area contributed by atoms with Crippen LogP contribution >= 0.6 is 15.9 Å². The average Bonchev–Trinajstić information content (AvgIpc) is 3.11. The lowest BCUT2D eigenvalue weighted by atomic mass is 10.00. The van der Waals surface area contributed by atoms with E-state index in [1.165, 1.54) is 8.80 Å². The Balaban J connectivity index is 0.000000129. The van der Waals surface area contributed by atoms with Gasteiger partial charge in [0, 0.05) is 47.6 Å². The van der Waals surface area contributed by atoms with Crippen molar-refractivity contribution in [2.24, 2.45) is 0 Å². The molecule has 47 heavy (non-hydrogen) atoms. The molecule has 10 aromatic rings. The van der Waals surface area contributed by atoms with Crippen molar-refractivity contribution in [3.8, 4) is 0 Å². The van der Waals surface area contributed by atoms with Gasteiger partial charge in [-0.1, -0.05) is 107 Å². The van der Waals surface area contributed by atoms with E-state index in [0.717, 1.165) is 47.6 Å². The van der Waals surface area contributed by atoms with Gasteiger partial charge in [0.15, 0.2) is 0 Å². The van der Waals surface area contributed by atoms with Crippen molar-refractivity contribution in [1.82, 2.24) is 8.80 Å². The van der Waals surface area contributed by atoms with Gasteiger partial charge in [0.25, 0.3) is 22.2 Å². The number of hydrogen-bond acceptors (Lipinski definition) is 4. The molecular formula is C40H21BrN2O4. The molecule has 4 aromatic heterocycles. The van der Waals surface area contributed by atoms with Gasteiger partial charge in [-0.3, -0.25) is 19.2 Å². The Kier molecular flexibility index (Phi) is 5.85. The molecule has 0 saturated carbocycles. The Hall–Kier alpha value is -5.92. The van der Waals surface area contributed by atoms with E-state index in [2.05, 4.69) is 15.9 Å². The van der Waals surface area contributed by atoms with E-state index >= 15 is 0 Å². The molecule has 0 N–H and O–H groups in total. The highest BCUT2D eigenvalue weighted by Crippen LogP contribution is 2.33. The molecule has 0 saturated heterocycles. The SMILES string of the molecule is O=c1c2ccccc2c2cc(Br)cc3c4ccccc4c(=O)n1c23.O=c1c2ccccc2c2cccc3c4ccccc4c(=O)n1c23. The first kappa shape index (κ1) is 27.4. The van der Waals surface area contributed by atoms with Crippen molar-refractivity contribution in [2.75, 3.05) is 0 Å². The van der Waals surface area contributed by atoms with E-state index in [4.69, 9.17) is 0 Å². The van der Waals surface area contributed by atoms with Gasteiger partial charge in [-0.05, 0) is 57.9 Å². The minimum atomic E-state index is -0.263. The Morgan fingerprint density at radius 1 is 0.319 bits per heavy atom. The monoisotopic (exact) mass is 672 g/mol. The number of para-hydroxylation sites is 1. The Bertz CT molecular complexity index is 2980. The van der Waals surface area contributed by atoms with Gasteiger partial charge in [0.1, 0.15) is 0 Å². The smallest absolute Gasteiger partial charge is 0.266 e. The third-order valence-corrected chi connectivity index (χ3v) is 9.62. The summed E-state index contributed by atoms with van der Waals surface area (Å²) in [5, 5.41) is 9.43. The molecule has 0 aliphatic heterocycles. The Morgan fingerprint density at radius 3 is 0.915 bits per heavy atom. The molecule has 0 bridgehead atoms. The fraction of sp³-hybridized carbons (Fsp3) is 0. The van der Waals surface area contributed by atoms with Gasteiger partial charge in [-0.2, -0.15) is 0 Å². The standard InChI is InChI=1S/C20H10BrNO2.C20H11NO2/c21-11-9-16-12-5-1-3-7-14(12)19(23)22-18(16)17(10-11)13-6-2-4-8-15(13)20(22)24;22-19-16-8-3-1-6-12(16)14-10-5-11-15-13-7-2-4-9-17(13)20(23)21(19)18(14)15/h1-10H;1-11H. The van der Waals surface area contributed by atoms with Crippen LogP contribution in [0.1, 0.15) is 0 Å². The van der Waals surface area contributed by atoms with E-state index in [1.807, 2.05) is 103 Å². The van der Waals surface area contributed by atoms with Gasteiger partial charge < -0.3 is 0 Å². The number of fused-ring (bicyclic) bond motifs is 8. The zero-order valence-electron chi connectivity index (χ0n) is 24.5. The quantitative estimate of drug-likeness (QED) is 0.121. The summed E-state index contributed by atoms with van der Waals surface area (Å²) in [6.07, 6.45) is 0. The maximum absolute atomic E-state index is 13.0. The van der Waals surface area contributed by atoms with Gasteiger partial charge in [0.2, 0.25) is 0 Å². The summed E-state index contributed by atoms with van der Waals surface area (Å²) in [5.74, 6) is 0. The average molecular weight is 674 g/mol. The lowest BCUT2D eigenvalue weighted by Gasteiger charge is -2.13. The van der Waals surface area contributed by atoms with Gasteiger partial charge >= 0.3 is 0 Å². The van der Waals surface area contributed by atoms with Crippen molar-refractivity contribution in [1.29, 1.82) is 0 Å². The van der Waals surface area contributed by atoms with Gasteiger partial charge in [-0.15, -0.1) is 0 Å².